The molecule has 9 heteroatoms. The SMILES string of the molecule is O=C(O)c1ccc(N=Nc2ccc(N=Nc3c(O)ccc4ccccc34)c(C(=O)O)c2)cc1. The van der Waals surface area contributed by atoms with E-state index in [1.807, 2.05) is 12.1 Å². The molecular weight excluding hydrogens is 424 g/mol. The number of azo groups is 2. The highest BCUT2D eigenvalue weighted by Crippen LogP contribution is 2.36. The summed E-state index contributed by atoms with van der Waals surface area (Å²) in [7, 11) is 0. The molecule has 0 aliphatic rings. The molecule has 0 bridgehead atoms. The van der Waals surface area contributed by atoms with Gasteiger partial charge in [-0.15, -0.1) is 10.2 Å². The summed E-state index contributed by atoms with van der Waals surface area (Å²) in [5.41, 5.74) is 0.969. The van der Waals surface area contributed by atoms with Crippen LogP contribution in [0.2, 0.25) is 0 Å². The molecule has 9 nitrogen and oxygen atoms in total. The summed E-state index contributed by atoms with van der Waals surface area (Å²) in [5.74, 6) is -2.35. The maximum Gasteiger partial charge on any atom is 0.338 e. The molecule has 0 heterocycles. The van der Waals surface area contributed by atoms with E-state index in [-0.39, 0.29) is 33.9 Å². The molecular formula is C24H16N4O5. The van der Waals surface area contributed by atoms with Crippen LogP contribution >= 0.6 is 0 Å². The Morgan fingerprint density at radius 3 is 2.09 bits per heavy atom. The molecule has 0 unspecified atom stereocenters. The lowest BCUT2D eigenvalue weighted by Crippen LogP contribution is -1.96. The van der Waals surface area contributed by atoms with Gasteiger partial charge in [0.1, 0.15) is 17.1 Å². The van der Waals surface area contributed by atoms with Crippen LogP contribution in [0.4, 0.5) is 22.7 Å². The zero-order valence-electron chi connectivity index (χ0n) is 17.0. The van der Waals surface area contributed by atoms with Crippen LogP contribution in [0.5, 0.6) is 5.75 Å². The van der Waals surface area contributed by atoms with Crippen molar-refractivity contribution in [3.05, 3.63) is 90.0 Å². The van der Waals surface area contributed by atoms with Crippen molar-refractivity contribution >= 4 is 45.5 Å². The summed E-state index contributed by atoms with van der Waals surface area (Å²) in [6.45, 7) is 0. The Kier molecular flexibility index (Phi) is 5.85. The highest BCUT2D eigenvalue weighted by atomic mass is 16.4. The van der Waals surface area contributed by atoms with Gasteiger partial charge in [0.15, 0.2) is 0 Å². The third-order valence-corrected chi connectivity index (χ3v) is 4.74. The Labute approximate surface area is 187 Å². The molecule has 0 aliphatic carbocycles. The van der Waals surface area contributed by atoms with Gasteiger partial charge in [-0.25, -0.2) is 9.59 Å². The predicted molar refractivity (Wildman–Crippen MR) is 121 cm³/mol. The number of phenols is 1. The van der Waals surface area contributed by atoms with Gasteiger partial charge in [-0.05, 0) is 53.9 Å². The van der Waals surface area contributed by atoms with Crippen LogP contribution in [0.1, 0.15) is 20.7 Å². The van der Waals surface area contributed by atoms with Gasteiger partial charge in [-0.3, -0.25) is 0 Å². The van der Waals surface area contributed by atoms with E-state index in [4.69, 9.17) is 5.11 Å². The normalized spacial score (nSPS) is 11.4. The van der Waals surface area contributed by atoms with Crippen molar-refractivity contribution in [2.75, 3.05) is 0 Å². The standard InChI is InChI=1S/C24H16N4O5/c29-21-12-7-14-3-1-2-4-18(14)22(21)28-27-20-11-10-17(13-19(20)24(32)33)26-25-16-8-5-15(6-9-16)23(30)31/h1-13,29H,(H,30,31)(H,32,33). The maximum absolute atomic E-state index is 11.8. The van der Waals surface area contributed by atoms with Crippen LogP contribution in [-0.2, 0) is 0 Å². The van der Waals surface area contributed by atoms with Gasteiger partial charge in [0.05, 0.1) is 22.5 Å². The number of carboxylic acid groups (broad SMARTS) is 2. The smallest absolute Gasteiger partial charge is 0.338 e. The number of aromatic hydroxyl groups is 1. The van der Waals surface area contributed by atoms with E-state index in [1.54, 1.807) is 18.2 Å². The quantitative estimate of drug-likeness (QED) is 0.283. The molecule has 0 amide bonds. The number of hydrogen-bond donors (Lipinski definition) is 3. The first-order valence-corrected chi connectivity index (χ1v) is 9.67. The van der Waals surface area contributed by atoms with E-state index < -0.39 is 11.9 Å². The number of rotatable bonds is 6. The summed E-state index contributed by atoms with van der Waals surface area (Å²) >= 11 is 0. The maximum atomic E-state index is 11.8. The van der Waals surface area contributed by atoms with Crippen molar-refractivity contribution < 1.29 is 24.9 Å². The molecule has 3 N–H and O–H groups in total. The van der Waals surface area contributed by atoms with Crippen LogP contribution in [0, 0.1) is 0 Å². The molecule has 0 radical (unpaired) electrons. The Morgan fingerprint density at radius 1 is 0.667 bits per heavy atom. The lowest BCUT2D eigenvalue weighted by atomic mass is 10.1. The monoisotopic (exact) mass is 440 g/mol. The summed E-state index contributed by atoms with van der Waals surface area (Å²) in [6, 6.07) is 20.6. The number of benzene rings is 4. The second-order valence-electron chi connectivity index (χ2n) is 6.91. The molecule has 0 aliphatic heterocycles. The number of phenolic OH excluding ortho intramolecular Hbond substituents is 1. The van der Waals surface area contributed by atoms with Crippen molar-refractivity contribution in [2.24, 2.45) is 20.5 Å². The molecule has 0 aromatic heterocycles. The first-order valence-electron chi connectivity index (χ1n) is 9.67. The second-order valence-corrected chi connectivity index (χ2v) is 6.91. The van der Waals surface area contributed by atoms with Crippen molar-refractivity contribution in [3.63, 3.8) is 0 Å². The van der Waals surface area contributed by atoms with Gasteiger partial charge < -0.3 is 15.3 Å². The van der Waals surface area contributed by atoms with E-state index in [0.29, 0.717) is 11.1 Å². The van der Waals surface area contributed by atoms with Crippen LogP contribution in [0.25, 0.3) is 10.8 Å². The van der Waals surface area contributed by atoms with E-state index >= 15 is 0 Å². The lowest BCUT2D eigenvalue weighted by molar-refractivity contribution is 0.0686. The number of carbonyl (C=O) groups is 2. The summed E-state index contributed by atoms with van der Waals surface area (Å²) < 4.78 is 0. The Balaban J connectivity index is 1.64. The van der Waals surface area contributed by atoms with Crippen molar-refractivity contribution in [1.29, 1.82) is 0 Å². The number of nitrogens with zero attached hydrogens (tertiary/aromatic N) is 4. The van der Waals surface area contributed by atoms with Crippen LogP contribution in [0.15, 0.2) is 99.3 Å². The fraction of sp³-hybridized carbons (Fsp3) is 0. The third kappa shape index (κ3) is 4.72. The average Bonchev–Trinajstić information content (AvgIpc) is 2.82. The molecule has 4 rings (SSSR count). The fourth-order valence-electron chi connectivity index (χ4n) is 3.08. The van der Waals surface area contributed by atoms with E-state index in [0.717, 1.165) is 5.39 Å². The zero-order chi connectivity index (χ0) is 23.4. The van der Waals surface area contributed by atoms with Gasteiger partial charge in [0.2, 0.25) is 0 Å². The molecule has 4 aromatic rings. The van der Waals surface area contributed by atoms with Gasteiger partial charge in [-0.1, -0.05) is 30.3 Å². The second kappa shape index (κ2) is 9.06. The van der Waals surface area contributed by atoms with Gasteiger partial charge >= 0.3 is 11.9 Å². The minimum absolute atomic E-state index is 0.0753. The zero-order valence-corrected chi connectivity index (χ0v) is 17.0. The van der Waals surface area contributed by atoms with E-state index in [9.17, 15) is 19.8 Å². The number of hydrogen-bond acceptors (Lipinski definition) is 7. The van der Waals surface area contributed by atoms with Gasteiger partial charge in [0, 0.05) is 5.39 Å². The van der Waals surface area contributed by atoms with Gasteiger partial charge in [-0.2, -0.15) is 10.2 Å². The third-order valence-electron chi connectivity index (χ3n) is 4.74. The van der Waals surface area contributed by atoms with Crippen molar-refractivity contribution in [3.8, 4) is 5.75 Å². The first-order chi connectivity index (χ1) is 15.9. The highest BCUT2D eigenvalue weighted by molar-refractivity contribution is 5.96. The Bertz CT molecular complexity index is 1430. The van der Waals surface area contributed by atoms with Crippen LogP contribution in [-0.4, -0.2) is 27.3 Å². The molecule has 33 heavy (non-hydrogen) atoms. The molecule has 162 valence electrons. The molecule has 0 spiro atoms. The number of aromatic carboxylic acids is 2. The minimum atomic E-state index is -1.23. The summed E-state index contributed by atoms with van der Waals surface area (Å²) in [4.78, 5) is 22.7. The molecule has 4 aromatic carbocycles. The van der Waals surface area contributed by atoms with Crippen molar-refractivity contribution in [1.82, 2.24) is 0 Å². The van der Waals surface area contributed by atoms with Crippen LogP contribution in [0.3, 0.4) is 0 Å². The minimum Gasteiger partial charge on any atom is -0.506 e. The van der Waals surface area contributed by atoms with E-state index in [2.05, 4.69) is 20.5 Å². The summed E-state index contributed by atoms with van der Waals surface area (Å²) in [5, 5.41) is 46.4. The largest absolute Gasteiger partial charge is 0.506 e. The Morgan fingerprint density at radius 2 is 1.36 bits per heavy atom. The average molecular weight is 440 g/mol. The number of fused-ring (bicyclic) bond motifs is 1. The fourth-order valence-corrected chi connectivity index (χ4v) is 3.08. The summed E-state index contributed by atoms with van der Waals surface area (Å²) in [6.07, 6.45) is 0. The predicted octanol–water partition coefficient (Wildman–Crippen LogP) is 6.77. The van der Waals surface area contributed by atoms with Gasteiger partial charge in [0.25, 0.3) is 0 Å². The number of carboxylic acids is 2. The molecule has 0 fully saturated rings. The topological polar surface area (TPSA) is 144 Å². The molecule has 0 atom stereocenters. The molecule has 0 saturated heterocycles. The lowest BCUT2D eigenvalue weighted by Gasteiger charge is -2.05. The van der Waals surface area contributed by atoms with Crippen LogP contribution < -0.4 is 0 Å². The van der Waals surface area contributed by atoms with E-state index in [1.165, 1.54) is 48.5 Å². The van der Waals surface area contributed by atoms with Crippen molar-refractivity contribution in [2.45, 2.75) is 0 Å². The first kappa shape index (κ1) is 21.3. The molecule has 0 saturated carbocycles. The highest BCUT2D eigenvalue weighted by Gasteiger charge is 2.12. The Hall–Kier alpha value is -4.92.